The number of carbonyl (C=O) groups is 1. The SMILES string of the molecule is CNC(=O)[C@@H]1NCCc2cc(OC)c(OC)cc21. The quantitative estimate of drug-likeness (QED) is 0.826. The molecule has 0 saturated heterocycles. The molecule has 0 radical (unpaired) electrons. The van der Waals surface area contributed by atoms with Gasteiger partial charge in [-0.1, -0.05) is 0 Å². The van der Waals surface area contributed by atoms with Crippen LogP contribution in [0.3, 0.4) is 0 Å². The van der Waals surface area contributed by atoms with Crippen LogP contribution in [0.1, 0.15) is 17.2 Å². The molecule has 1 aliphatic rings. The molecule has 1 heterocycles. The molecule has 5 heteroatoms. The summed E-state index contributed by atoms with van der Waals surface area (Å²) in [7, 11) is 4.84. The van der Waals surface area contributed by atoms with E-state index in [-0.39, 0.29) is 11.9 Å². The van der Waals surface area contributed by atoms with Gasteiger partial charge in [-0.2, -0.15) is 0 Å². The first-order chi connectivity index (χ1) is 8.71. The Kier molecular flexibility index (Phi) is 3.72. The third kappa shape index (κ3) is 2.13. The average molecular weight is 250 g/mol. The molecule has 1 atom stereocenters. The topological polar surface area (TPSA) is 59.6 Å². The van der Waals surface area contributed by atoms with E-state index in [1.54, 1.807) is 21.3 Å². The van der Waals surface area contributed by atoms with Crippen molar-refractivity contribution in [1.29, 1.82) is 0 Å². The van der Waals surface area contributed by atoms with Crippen molar-refractivity contribution in [1.82, 2.24) is 10.6 Å². The number of fused-ring (bicyclic) bond motifs is 1. The number of methoxy groups -OCH3 is 2. The minimum absolute atomic E-state index is 0.0387. The number of carbonyl (C=O) groups excluding carboxylic acids is 1. The Morgan fingerprint density at radius 3 is 2.61 bits per heavy atom. The van der Waals surface area contributed by atoms with Crippen LogP contribution in [0, 0.1) is 0 Å². The van der Waals surface area contributed by atoms with Crippen molar-refractivity contribution in [3.63, 3.8) is 0 Å². The van der Waals surface area contributed by atoms with E-state index in [0.29, 0.717) is 11.5 Å². The Morgan fingerprint density at radius 2 is 2.00 bits per heavy atom. The zero-order valence-electron chi connectivity index (χ0n) is 10.9. The molecule has 1 aliphatic heterocycles. The zero-order valence-corrected chi connectivity index (χ0v) is 10.9. The third-order valence-electron chi connectivity index (χ3n) is 3.21. The molecule has 0 spiro atoms. The lowest BCUT2D eigenvalue weighted by Gasteiger charge is -2.26. The molecular formula is C13H18N2O3. The largest absolute Gasteiger partial charge is 0.493 e. The van der Waals surface area contributed by atoms with E-state index < -0.39 is 0 Å². The number of nitrogens with one attached hydrogen (secondary N) is 2. The highest BCUT2D eigenvalue weighted by atomic mass is 16.5. The molecule has 1 amide bonds. The van der Waals surface area contributed by atoms with Gasteiger partial charge in [-0.05, 0) is 29.7 Å². The van der Waals surface area contributed by atoms with Gasteiger partial charge in [0.2, 0.25) is 5.91 Å². The summed E-state index contributed by atoms with van der Waals surface area (Å²) in [6.07, 6.45) is 0.878. The molecule has 2 rings (SSSR count). The maximum atomic E-state index is 11.8. The fraction of sp³-hybridized carbons (Fsp3) is 0.462. The summed E-state index contributed by atoms with van der Waals surface area (Å²) >= 11 is 0. The van der Waals surface area contributed by atoms with E-state index in [9.17, 15) is 4.79 Å². The summed E-state index contributed by atoms with van der Waals surface area (Å²) in [6.45, 7) is 0.778. The van der Waals surface area contributed by atoms with E-state index in [4.69, 9.17) is 9.47 Å². The van der Waals surface area contributed by atoms with E-state index in [1.807, 2.05) is 12.1 Å². The predicted molar refractivity (Wildman–Crippen MR) is 68.1 cm³/mol. The molecule has 0 aromatic heterocycles. The minimum atomic E-state index is -0.321. The summed E-state index contributed by atoms with van der Waals surface area (Å²) in [5.74, 6) is 1.31. The van der Waals surface area contributed by atoms with Crippen molar-refractivity contribution in [2.24, 2.45) is 0 Å². The highest BCUT2D eigenvalue weighted by molar-refractivity contribution is 5.84. The summed E-state index contributed by atoms with van der Waals surface area (Å²) < 4.78 is 10.6. The van der Waals surface area contributed by atoms with E-state index in [0.717, 1.165) is 24.1 Å². The van der Waals surface area contributed by atoms with Gasteiger partial charge in [0.1, 0.15) is 6.04 Å². The van der Waals surface area contributed by atoms with Crippen LogP contribution in [-0.4, -0.2) is 33.7 Å². The number of rotatable bonds is 3. The first-order valence-corrected chi connectivity index (χ1v) is 5.91. The van der Waals surface area contributed by atoms with E-state index in [1.165, 1.54) is 0 Å². The number of ether oxygens (including phenoxy) is 2. The maximum Gasteiger partial charge on any atom is 0.241 e. The van der Waals surface area contributed by atoms with Gasteiger partial charge in [-0.15, -0.1) is 0 Å². The molecule has 2 N–H and O–H groups in total. The molecule has 1 aromatic rings. The maximum absolute atomic E-state index is 11.8. The highest BCUT2D eigenvalue weighted by Crippen LogP contribution is 2.35. The van der Waals surface area contributed by atoms with Gasteiger partial charge in [-0.3, -0.25) is 4.79 Å². The summed E-state index contributed by atoms with van der Waals surface area (Å²) in [4.78, 5) is 11.8. The van der Waals surface area contributed by atoms with Gasteiger partial charge >= 0.3 is 0 Å². The second-order valence-electron chi connectivity index (χ2n) is 4.16. The number of hydrogen-bond acceptors (Lipinski definition) is 4. The second-order valence-corrected chi connectivity index (χ2v) is 4.16. The van der Waals surface area contributed by atoms with Crippen LogP contribution in [0.5, 0.6) is 11.5 Å². The smallest absolute Gasteiger partial charge is 0.241 e. The lowest BCUT2D eigenvalue weighted by atomic mass is 9.93. The fourth-order valence-corrected chi connectivity index (χ4v) is 2.26. The number of benzene rings is 1. The van der Waals surface area contributed by atoms with Crippen LogP contribution in [0.4, 0.5) is 0 Å². The average Bonchev–Trinajstić information content (AvgIpc) is 2.44. The molecule has 0 fully saturated rings. The summed E-state index contributed by atoms with van der Waals surface area (Å²) in [5.41, 5.74) is 2.08. The van der Waals surface area contributed by atoms with Crippen molar-refractivity contribution >= 4 is 5.91 Å². The van der Waals surface area contributed by atoms with Crippen LogP contribution in [0.2, 0.25) is 0 Å². The summed E-state index contributed by atoms with van der Waals surface area (Å²) in [6, 6.07) is 3.50. The van der Waals surface area contributed by atoms with Crippen molar-refractivity contribution in [2.45, 2.75) is 12.5 Å². The van der Waals surface area contributed by atoms with Gasteiger partial charge in [0.25, 0.3) is 0 Å². The van der Waals surface area contributed by atoms with Crippen LogP contribution in [0.25, 0.3) is 0 Å². The predicted octanol–water partition coefficient (Wildman–Crippen LogP) is 0.637. The second kappa shape index (κ2) is 5.27. The van der Waals surface area contributed by atoms with Crippen molar-refractivity contribution in [2.75, 3.05) is 27.8 Å². The molecular weight excluding hydrogens is 232 g/mol. The molecule has 98 valence electrons. The molecule has 0 aliphatic carbocycles. The van der Waals surface area contributed by atoms with E-state index in [2.05, 4.69) is 10.6 Å². The molecule has 18 heavy (non-hydrogen) atoms. The normalized spacial score (nSPS) is 17.8. The summed E-state index contributed by atoms with van der Waals surface area (Å²) in [5, 5.41) is 5.87. The van der Waals surface area contributed by atoms with Crippen molar-refractivity contribution in [3.05, 3.63) is 23.3 Å². The molecule has 0 saturated carbocycles. The fourth-order valence-electron chi connectivity index (χ4n) is 2.26. The minimum Gasteiger partial charge on any atom is -0.493 e. The Balaban J connectivity index is 2.46. The van der Waals surface area contributed by atoms with Crippen molar-refractivity contribution < 1.29 is 14.3 Å². The van der Waals surface area contributed by atoms with Crippen LogP contribution in [-0.2, 0) is 11.2 Å². The first-order valence-electron chi connectivity index (χ1n) is 5.91. The molecule has 0 unspecified atom stereocenters. The lowest BCUT2D eigenvalue weighted by Crippen LogP contribution is -2.40. The van der Waals surface area contributed by atoms with Gasteiger partial charge in [0.05, 0.1) is 14.2 Å². The Hall–Kier alpha value is -1.75. The van der Waals surface area contributed by atoms with Gasteiger partial charge in [0.15, 0.2) is 11.5 Å². The van der Waals surface area contributed by atoms with Gasteiger partial charge in [0, 0.05) is 13.6 Å². The first kappa shape index (κ1) is 12.7. The Labute approximate surface area is 106 Å². The number of hydrogen-bond donors (Lipinski definition) is 2. The van der Waals surface area contributed by atoms with Crippen LogP contribution in [0.15, 0.2) is 12.1 Å². The lowest BCUT2D eigenvalue weighted by molar-refractivity contribution is -0.122. The van der Waals surface area contributed by atoms with Crippen LogP contribution < -0.4 is 20.1 Å². The Bertz CT molecular complexity index is 460. The standard InChI is InChI=1S/C13H18N2O3/c1-14-13(16)12-9-7-11(18-3)10(17-2)6-8(9)4-5-15-12/h6-7,12,15H,4-5H2,1-3H3,(H,14,16)/t12-/m1/s1. The molecule has 0 bridgehead atoms. The van der Waals surface area contributed by atoms with Gasteiger partial charge < -0.3 is 20.1 Å². The van der Waals surface area contributed by atoms with Crippen LogP contribution >= 0.6 is 0 Å². The number of likely N-dealkylation sites (N-methyl/N-ethyl adjacent to an activating group) is 1. The van der Waals surface area contributed by atoms with Gasteiger partial charge in [-0.25, -0.2) is 0 Å². The third-order valence-corrected chi connectivity index (χ3v) is 3.21. The monoisotopic (exact) mass is 250 g/mol. The zero-order chi connectivity index (χ0) is 13.1. The highest BCUT2D eigenvalue weighted by Gasteiger charge is 2.27. The Morgan fingerprint density at radius 1 is 1.33 bits per heavy atom. The van der Waals surface area contributed by atoms with E-state index >= 15 is 0 Å². The molecule has 5 nitrogen and oxygen atoms in total. The molecule has 1 aromatic carbocycles. The van der Waals surface area contributed by atoms with Crippen molar-refractivity contribution in [3.8, 4) is 11.5 Å². The number of amides is 1.